The van der Waals surface area contributed by atoms with E-state index in [1.165, 1.54) is 11.8 Å². The van der Waals surface area contributed by atoms with E-state index >= 15 is 0 Å². The molecule has 0 N–H and O–H groups in total. The monoisotopic (exact) mass is 448 g/mol. The van der Waals surface area contributed by atoms with E-state index in [0.717, 1.165) is 15.8 Å². The molecule has 0 aliphatic rings. The van der Waals surface area contributed by atoms with Crippen LogP contribution >= 0.6 is 27.7 Å². The van der Waals surface area contributed by atoms with Crippen LogP contribution in [0, 0.1) is 6.92 Å². The molecular weight excluding hydrogens is 428 g/mol. The zero-order chi connectivity index (χ0) is 19.2. The molecule has 142 valence electrons. The molecule has 0 atom stereocenters. The molecule has 0 aliphatic carbocycles. The number of hydrogen-bond acceptors (Lipinski definition) is 5. The Labute approximate surface area is 170 Å². The molecule has 0 unspecified atom stereocenters. The molecule has 3 aromatic rings. The molecule has 5 nitrogen and oxygen atoms in total. The first kappa shape index (κ1) is 19.9. The lowest BCUT2D eigenvalue weighted by Gasteiger charge is -2.13. The molecule has 0 amide bonds. The maximum atomic E-state index is 12.9. The molecule has 0 saturated carbocycles. The molecule has 0 radical (unpaired) electrons. The molecule has 0 saturated heterocycles. The summed E-state index contributed by atoms with van der Waals surface area (Å²) in [5, 5.41) is 1.28. The van der Waals surface area contributed by atoms with Crippen LogP contribution in [0.25, 0.3) is 10.9 Å². The predicted molar refractivity (Wildman–Crippen MR) is 113 cm³/mol. The van der Waals surface area contributed by atoms with Crippen LogP contribution in [0.4, 0.5) is 0 Å². The van der Waals surface area contributed by atoms with Gasteiger partial charge in [0.05, 0.1) is 30.7 Å². The number of aromatic nitrogens is 2. The number of hydrogen-bond donors (Lipinski definition) is 0. The van der Waals surface area contributed by atoms with Gasteiger partial charge in [-0.2, -0.15) is 0 Å². The number of ether oxygens (including phenoxy) is 2. The van der Waals surface area contributed by atoms with Crippen molar-refractivity contribution in [3.05, 3.63) is 62.9 Å². The van der Waals surface area contributed by atoms with Crippen LogP contribution < -0.4 is 10.3 Å². The Morgan fingerprint density at radius 2 is 2.04 bits per heavy atom. The lowest BCUT2D eigenvalue weighted by molar-refractivity contribution is 0.183. The van der Waals surface area contributed by atoms with E-state index in [1.807, 2.05) is 49.4 Å². The van der Waals surface area contributed by atoms with Gasteiger partial charge in [-0.05, 0) is 42.8 Å². The first-order valence-corrected chi connectivity index (χ1v) is 10.4. The summed E-state index contributed by atoms with van der Waals surface area (Å²) in [7, 11) is 1.62. The number of benzene rings is 2. The second-order valence-electron chi connectivity index (χ2n) is 6.02. The molecule has 7 heteroatoms. The highest BCUT2D eigenvalue weighted by Gasteiger charge is 2.12. The minimum Gasteiger partial charge on any atom is -0.493 e. The third-order valence-electron chi connectivity index (χ3n) is 3.97. The average molecular weight is 449 g/mol. The minimum atomic E-state index is -0.0551. The Kier molecular flexibility index (Phi) is 6.93. The number of rotatable bonds is 8. The highest BCUT2D eigenvalue weighted by atomic mass is 79.9. The maximum Gasteiger partial charge on any atom is 0.262 e. The van der Waals surface area contributed by atoms with Gasteiger partial charge in [0.15, 0.2) is 5.16 Å². The number of aryl methyl sites for hydroxylation is 1. The van der Waals surface area contributed by atoms with Crippen LogP contribution in [0.5, 0.6) is 5.75 Å². The van der Waals surface area contributed by atoms with Crippen LogP contribution in [0.2, 0.25) is 0 Å². The number of halogens is 1. The summed E-state index contributed by atoms with van der Waals surface area (Å²) >= 11 is 4.93. The van der Waals surface area contributed by atoms with Crippen LogP contribution in [0.3, 0.4) is 0 Å². The van der Waals surface area contributed by atoms with Crippen molar-refractivity contribution in [2.75, 3.05) is 26.1 Å². The molecule has 1 aromatic heterocycles. The SMILES string of the molecule is COCCn1c(SCCOc2cccc(C)c2)nc2ccc(Br)cc2c1=O. The second kappa shape index (κ2) is 9.39. The standard InChI is InChI=1S/C20H21BrN2O3S/c1-14-4-3-5-16(12-14)26-10-11-27-20-22-18-7-6-15(21)13-17(18)19(24)23(20)8-9-25-2/h3-7,12-13H,8-11H2,1-2H3. The Balaban J connectivity index is 1.77. The summed E-state index contributed by atoms with van der Waals surface area (Å²) in [6, 6.07) is 13.5. The number of fused-ring (bicyclic) bond motifs is 1. The van der Waals surface area contributed by atoms with Crippen molar-refractivity contribution < 1.29 is 9.47 Å². The molecular formula is C20H21BrN2O3S. The third-order valence-corrected chi connectivity index (χ3v) is 5.41. The van der Waals surface area contributed by atoms with E-state index in [2.05, 4.69) is 20.9 Å². The number of nitrogens with zero attached hydrogens (tertiary/aromatic N) is 2. The largest absolute Gasteiger partial charge is 0.493 e. The summed E-state index contributed by atoms with van der Waals surface area (Å²) in [6.07, 6.45) is 0. The summed E-state index contributed by atoms with van der Waals surface area (Å²) < 4.78 is 13.5. The van der Waals surface area contributed by atoms with Crippen molar-refractivity contribution in [1.29, 1.82) is 0 Å². The van der Waals surface area contributed by atoms with Crippen molar-refractivity contribution in [3.8, 4) is 5.75 Å². The van der Waals surface area contributed by atoms with Gasteiger partial charge >= 0.3 is 0 Å². The van der Waals surface area contributed by atoms with E-state index in [-0.39, 0.29) is 5.56 Å². The van der Waals surface area contributed by atoms with Crippen LogP contribution in [-0.2, 0) is 11.3 Å². The maximum absolute atomic E-state index is 12.9. The number of thioether (sulfide) groups is 1. The summed E-state index contributed by atoms with van der Waals surface area (Å²) in [4.78, 5) is 17.6. The van der Waals surface area contributed by atoms with Gasteiger partial charge in [0, 0.05) is 17.3 Å². The molecule has 3 rings (SSSR count). The molecule has 1 heterocycles. The fourth-order valence-corrected chi connectivity index (χ4v) is 3.86. The lowest BCUT2D eigenvalue weighted by Crippen LogP contribution is -2.25. The lowest BCUT2D eigenvalue weighted by atomic mass is 10.2. The highest BCUT2D eigenvalue weighted by molar-refractivity contribution is 9.10. The normalized spacial score (nSPS) is 11.1. The van der Waals surface area contributed by atoms with Gasteiger partial charge in [-0.3, -0.25) is 9.36 Å². The molecule has 0 aliphatic heterocycles. The average Bonchev–Trinajstić information content (AvgIpc) is 2.65. The molecule has 2 aromatic carbocycles. The van der Waals surface area contributed by atoms with Gasteiger partial charge in [-0.1, -0.05) is 39.8 Å². The van der Waals surface area contributed by atoms with Crippen molar-refractivity contribution in [1.82, 2.24) is 9.55 Å². The zero-order valence-corrected chi connectivity index (χ0v) is 17.7. The smallest absolute Gasteiger partial charge is 0.262 e. The molecule has 0 fully saturated rings. The van der Waals surface area contributed by atoms with Crippen molar-refractivity contribution in [2.24, 2.45) is 0 Å². The van der Waals surface area contributed by atoms with Gasteiger partial charge in [-0.15, -0.1) is 0 Å². The van der Waals surface area contributed by atoms with Crippen molar-refractivity contribution >= 4 is 38.6 Å². The molecule has 0 bridgehead atoms. The van der Waals surface area contributed by atoms with Crippen molar-refractivity contribution in [2.45, 2.75) is 18.6 Å². The van der Waals surface area contributed by atoms with Gasteiger partial charge in [0.1, 0.15) is 5.75 Å². The van der Waals surface area contributed by atoms with Crippen LogP contribution in [0.1, 0.15) is 5.56 Å². The fourth-order valence-electron chi connectivity index (χ4n) is 2.66. The van der Waals surface area contributed by atoms with Crippen LogP contribution in [0.15, 0.2) is 56.9 Å². The summed E-state index contributed by atoms with van der Waals surface area (Å²) in [5.74, 6) is 1.54. The quantitative estimate of drug-likeness (QED) is 0.292. The van der Waals surface area contributed by atoms with Crippen molar-refractivity contribution in [3.63, 3.8) is 0 Å². The molecule has 27 heavy (non-hydrogen) atoms. The number of methoxy groups -OCH3 is 1. The Hall–Kier alpha value is -1.83. The van der Waals surface area contributed by atoms with E-state index in [4.69, 9.17) is 9.47 Å². The minimum absolute atomic E-state index is 0.0551. The highest BCUT2D eigenvalue weighted by Crippen LogP contribution is 2.21. The van der Waals surface area contributed by atoms with Crippen LogP contribution in [-0.4, -0.2) is 35.6 Å². The predicted octanol–water partition coefficient (Wildman–Crippen LogP) is 4.28. The molecule has 0 spiro atoms. The van der Waals surface area contributed by atoms with Gasteiger partial charge in [0.2, 0.25) is 0 Å². The van der Waals surface area contributed by atoms with E-state index in [9.17, 15) is 4.79 Å². The first-order chi connectivity index (χ1) is 13.1. The zero-order valence-electron chi connectivity index (χ0n) is 15.3. The Morgan fingerprint density at radius 3 is 2.81 bits per heavy atom. The van der Waals surface area contributed by atoms with E-state index in [0.29, 0.717) is 41.6 Å². The first-order valence-electron chi connectivity index (χ1n) is 8.60. The fraction of sp³-hybridized carbons (Fsp3) is 0.300. The van der Waals surface area contributed by atoms with E-state index < -0.39 is 0 Å². The Morgan fingerprint density at radius 1 is 1.19 bits per heavy atom. The summed E-state index contributed by atoms with van der Waals surface area (Å²) in [6.45, 7) is 3.49. The van der Waals surface area contributed by atoms with Gasteiger partial charge in [-0.25, -0.2) is 4.98 Å². The Bertz CT molecular complexity index is 991. The second-order valence-corrected chi connectivity index (χ2v) is 8.00. The topological polar surface area (TPSA) is 53.4 Å². The summed E-state index contributed by atoms with van der Waals surface area (Å²) in [5.41, 5.74) is 1.80. The third kappa shape index (κ3) is 5.12. The van der Waals surface area contributed by atoms with E-state index in [1.54, 1.807) is 11.7 Å². The van der Waals surface area contributed by atoms with Gasteiger partial charge in [0.25, 0.3) is 5.56 Å². The van der Waals surface area contributed by atoms with Gasteiger partial charge < -0.3 is 9.47 Å².